The Morgan fingerprint density at radius 1 is 1.45 bits per heavy atom. The largest absolute Gasteiger partial charge is 0.497 e. The molecule has 0 aromatic heterocycles. The van der Waals surface area contributed by atoms with Crippen LogP contribution in [0.25, 0.3) is 0 Å². The molecule has 2 rings (SSSR count). The van der Waals surface area contributed by atoms with Crippen molar-refractivity contribution in [2.24, 2.45) is 5.92 Å². The van der Waals surface area contributed by atoms with Gasteiger partial charge in [0.25, 0.3) is 0 Å². The number of hydrogen-bond acceptors (Lipinski definition) is 3. The lowest BCUT2D eigenvalue weighted by atomic mass is 9.80. The van der Waals surface area contributed by atoms with Gasteiger partial charge < -0.3 is 14.8 Å². The molecule has 1 N–H and O–H groups in total. The van der Waals surface area contributed by atoms with Crippen LogP contribution in [0.1, 0.15) is 26.2 Å². The normalized spacial score (nSPS) is 21.1. The number of ether oxygens (including phenoxy) is 2. The molecule has 5 heteroatoms. The van der Waals surface area contributed by atoms with Crippen LogP contribution in [0, 0.1) is 5.92 Å². The summed E-state index contributed by atoms with van der Waals surface area (Å²) in [5.41, 5.74) is 0.745. The van der Waals surface area contributed by atoms with Gasteiger partial charge in [-0.15, -0.1) is 0 Å². The van der Waals surface area contributed by atoms with E-state index >= 15 is 0 Å². The van der Waals surface area contributed by atoms with Crippen LogP contribution in [0.4, 0.5) is 5.69 Å². The molecule has 110 valence electrons. The van der Waals surface area contributed by atoms with E-state index in [4.69, 9.17) is 9.47 Å². The van der Waals surface area contributed by atoms with Gasteiger partial charge >= 0.3 is 0 Å². The number of carbonyl (C=O) groups excluding carboxylic acids is 1. The third-order valence-electron chi connectivity index (χ3n) is 3.52. The SMILES string of the molecule is CCOC1CC(CC(=O)Nc2cc(OC)ccc2Br)C1. The molecule has 0 bridgehead atoms. The Hall–Kier alpha value is -1.07. The van der Waals surface area contributed by atoms with Crippen molar-refractivity contribution < 1.29 is 14.3 Å². The Balaban J connectivity index is 1.83. The van der Waals surface area contributed by atoms with Crippen molar-refractivity contribution in [1.82, 2.24) is 0 Å². The highest BCUT2D eigenvalue weighted by atomic mass is 79.9. The highest BCUT2D eigenvalue weighted by Crippen LogP contribution is 2.33. The molecule has 1 saturated carbocycles. The molecular weight excluding hydrogens is 322 g/mol. The lowest BCUT2D eigenvalue weighted by Crippen LogP contribution is -2.33. The number of carbonyl (C=O) groups is 1. The molecule has 1 aliphatic carbocycles. The van der Waals surface area contributed by atoms with E-state index in [1.807, 2.05) is 25.1 Å². The fourth-order valence-electron chi connectivity index (χ4n) is 2.40. The molecule has 1 aromatic rings. The number of halogens is 1. The molecule has 0 saturated heterocycles. The molecule has 1 amide bonds. The summed E-state index contributed by atoms with van der Waals surface area (Å²) in [5.74, 6) is 1.21. The van der Waals surface area contributed by atoms with Crippen molar-refractivity contribution in [2.45, 2.75) is 32.3 Å². The summed E-state index contributed by atoms with van der Waals surface area (Å²) < 4.78 is 11.5. The van der Waals surface area contributed by atoms with Gasteiger partial charge in [-0.05, 0) is 53.7 Å². The van der Waals surface area contributed by atoms with E-state index < -0.39 is 0 Å². The Morgan fingerprint density at radius 3 is 2.85 bits per heavy atom. The fourth-order valence-corrected chi connectivity index (χ4v) is 2.75. The maximum absolute atomic E-state index is 12.0. The standard InChI is InChI=1S/C15H20BrNO3/c1-3-20-12-6-10(7-12)8-15(18)17-14-9-11(19-2)4-5-13(14)16/h4-5,9-10,12H,3,6-8H2,1-2H3,(H,17,18). The molecule has 0 heterocycles. The number of rotatable bonds is 6. The second-order valence-electron chi connectivity index (χ2n) is 5.01. The molecule has 1 fully saturated rings. The zero-order valence-corrected chi connectivity index (χ0v) is 13.4. The van der Waals surface area contributed by atoms with E-state index in [2.05, 4.69) is 21.2 Å². The lowest BCUT2D eigenvalue weighted by Gasteiger charge is -2.34. The van der Waals surface area contributed by atoms with Gasteiger partial charge in [-0.3, -0.25) is 4.79 Å². The Morgan fingerprint density at radius 2 is 2.20 bits per heavy atom. The van der Waals surface area contributed by atoms with E-state index in [1.165, 1.54) is 0 Å². The molecule has 0 atom stereocenters. The van der Waals surface area contributed by atoms with Gasteiger partial charge in [-0.25, -0.2) is 0 Å². The third kappa shape index (κ3) is 3.96. The first-order chi connectivity index (χ1) is 9.62. The van der Waals surface area contributed by atoms with Gasteiger partial charge in [-0.1, -0.05) is 0 Å². The predicted octanol–water partition coefficient (Wildman–Crippen LogP) is 3.60. The average molecular weight is 342 g/mol. The Bertz CT molecular complexity index is 472. The second kappa shape index (κ2) is 7.09. The number of nitrogens with one attached hydrogen (secondary N) is 1. The van der Waals surface area contributed by atoms with E-state index in [9.17, 15) is 4.79 Å². The summed E-state index contributed by atoms with van der Waals surface area (Å²) in [4.78, 5) is 12.0. The van der Waals surface area contributed by atoms with Gasteiger partial charge in [-0.2, -0.15) is 0 Å². The van der Waals surface area contributed by atoms with Crippen LogP contribution in [0.3, 0.4) is 0 Å². The van der Waals surface area contributed by atoms with E-state index in [-0.39, 0.29) is 5.91 Å². The van der Waals surface area contributed by atoms with Gasteiger partial charge in [0.05, 0.1) is 18.9 Å². The molecule has 1 aromatic carbocycles. The number of anilines is 1. The minimum atomic E-state index is 0.0406. The van der Waals surface area contributed by atoms with Gasteiger partial charge in [0, 0.05) is 23.6 Å². The van der Waals surface area contributed by atoms with Crippen LogP contribution >= 0.6 is 15.9 Å². The number of hydrogen-bond donors (Lipinski definition) is 1. The van der Waals surface area contributed by atoms with Crippen molar-refractivity contribution in [3.8, 4) is 5.75 Å². The summed E-state index contributed by atoms with van der Waals surface area (Å²) in [6.07, 6.45) is 2.87. The van der Waals surface area contributed by atoms with Crippen LogP contribution in [0.2, 0.25) is 0 Å². The van der Waals surface area contributed by atoms with E-state index in [0.29, 0.717) is 18.4 Å². The molecule has 20 heavy (non-hydrogen) atoms. The zero-order chi connectivity index (χ0) is 14.5. The van der Waals surface area contributed by atoms with Gasteiger partial charge in [0.1, 0.15) is 5.75 Å². The van der Waals surface area contributed by atoms with Crippen LogP contribution < -0.4 is 10.1 Å². The average Bonchev–Trinajstić information content (AvgIpc) is 2.39. The zero-order valence-electron chi connectivity index (χ0n) is 11.8. The molecule has 0 unspecified atom stereocenters. The minimum Gasteiger partial charge on any atom is -0.497 e. The van der Waals surface area contributed by atoms with Crippen molar-refractivity contribution in [2.75, 3.05) is 19.0 Å². The Labute approximate surface area is 128 Å². The maximum Gasteiger partial charge on any atom is 0.224 e. The first kappa shape index (κ1) is 15.3. The fraction of sp³-hybridized carbons (Fsp3) is 0.533. The molecule has 0 radical (unpaired) electrons. The van der Waals surface area contributed by atoms with Gasteiger partial charge in [0.15, 0.2) is 0 Å². The first-order valence-electron chi connectivity index (χ1n) is 6.87. The maximum atomic E-state index is 12.0. The monoisotopic (exact) mass is 341 g/mol. The van der Waals surface area contributed by atoms with Crippen LogP contribution in [0.15, 0.2) is 22.7 Å². The second-order valence-corrected chi connectivity index (χ2v) is 5.87. The minimum absolute atomic E-state index is 0.0406. The molecular formula is C15H20BrNO3. The predicted molar refractivity (Wildman–Crippen MR) is 82.1 cm³/mol. The van der Waals surface area contributed by atoms with Crippen molar-refractivity contribution in [1.29, 1.82) is 0 Å². The highest BCUT2D eigenvalue weighted by molar-refractivity contribution is 9.10. The third-order valence-corrected chi connectivity index (χ3v) is 4.21. The van der Waals surface area contributed by atoms with Crippen LogP contribution in [-0.2, 0) is 9.53 Å². The number of benzene rings is 1. The van der Waals surface area contributed by atoms with Crippen LogP contribution in [0.5, 0.6) is 5.75 Å². The van der Waals surface area contributed by atoms with Crippen molar-refractivity contribution in [3.63, 3.8) is 0 Å². The van der Waals surface area contributed by atoms with E-state index in [0.717, 1.165) is 35.4 Å². The first-order valence-corrected chi connectivity index (χ1v) is 7.66. The summed E-state index contributed by atoms with van der Waals surface area (Å²) in [7, 11) is 1.61. The molecule has 0 spiro atoms. The smallest absolute Gasteiger partial charge is 0.224 e. The topological polar surface area (TPSA) is 47.6 Å². The number of amides is 1. The lowest BCUT2D eigenvalue weighted by molar-refractivity contribution is -0.119. The molecule has 4 nitrogen and oxygen atoms in total. The highest BCUT2D eigenvalue weighted by Gasteiger charge is 2.31. The molecule has 1 aliphatic rings. The summed E-state index contributed by atoms with van der Waals surface area (Å²) in [5, 5.41) is 2.92. The van der Waals surface area contributed by atoms with Crippen LogP contribution in [-0.4, -0.2) is 25.7 Å². The van der Waals surface area contributed by atoms with E-state index in [1.54, 1.807) is 7.11 Å². The van der Waals surface area contributed by atoms with Gasteiger partial charge in [0.2, 0.25) is 5.91 Å². The number of methoxy groups -OCH3 is 1. The quantitative estimate of drug-likeness (QED) is 0.859. The summed E-state index contributed by atoms with van der Waals surface area (Å²) in [6.45, 7) is 2.75. The van der Waals surface area contributed by atoms with Crippen molar-refractivity contribution in [3.05, 3.63) is 22.7 Å². The Kier molecular flexibility index (Phi) is 5.43. The molecule has 0 aliphatic heterocycles. The van der Waals surface area contributed by atoms with Crippen molar-refractivity contribution >= 4 is 27.5 Å². The summed E-state index contributed by atoms with van der Waals surface area (Å²) in [6, 6.07) is 5.52. The summed E-state index contributed by atoms with van der Waals surface area (Å²) >= 11 is 3.43.